The molecule has 0 saturated heterocycles. The predicted molar refractivity (Wildman–Crippen MR) is 86.9 cm³/mol. The Morgan fingerprint density at radius 2 is 2.09 bits per heavy atom. The van der Waals surface area contributed by atoms with Gasteiger partial charge in [-0.25, -0.2) is 4.79 Å². The van der Waals surface area contributed by atoms with Gasteiger partial charge < -0.3 is 15.5 Å². The van der Waals surface area contributed by atoms with Gasteiger partial charge in [0, 0.05) is 17.4 Å². The van der Waals surface area contributed by atoms with Crippen molar-refractivity contribution in [1.29, 1.82) is 0 Å². The monoisotopic (exact) mass is 331 g/mol. The third-order valence-corrected chi connectivity index (χ3v) is 5.28. The topological polar surface area (TPSA) is 86.6 Å². The van der Waals surface area contributed by atoms with Crippen LogP contribution in [0.3, 0.4) is 0 Å². The highest BCUT2D eigenvalue weighted by molar-refractivity contribution is 7.14. The van der Waals surface area contributed by atoms with E-state index in [1.54, 1.807) is 6.92 Å². The molecule has 1 heterocycles. The van der Waals surface area contributed by atoms with Gasteiger partial charge in [-0.05, 0) is 30.5 Å². The molecular formula is C17H17NO4S. The van der Waals surface area contributed by atoms with Crippen LogP contribution in [0.25, 0.3) is 0 Å². The van der Waals surface area contributed by atoms with Gasteiger partial charge in [0.1, 0.15) is 4.88 Å². The predicted octanol–water partition coefficient (Wildman–Crippen LogP) is 2.39. The zero-order chi connectivity index (χ0) is 16.6. The van der Waals surface area contributed by atoms with Crippen molar-refractivity contribution in [2.75, 3.05) is 6.61 Å². The van der Waals surface area contributed by atoms with E-state index in [1.807, 2.05) is 24.3 Å². The average Bonchev–Trinajstić information content (AvgIpc) is 3.08. The number of carboxylic acids is 1. The Kier molecular flexibility index (Phi) is 4.19. The third kappa shape index (κ3) is 2.87. The molecule has 6 heteroatoms. The number of thiophene rings is 1. The molecule has 120 valence electrons. The number of benzene rings is 1. The number of hydrogen-bond acceptors (Lipinski definition) is 4. The molecule has 1 aromatic heterocycles. The number of hydrogen-bond donors (Lipinski definition) is 3. The summed E-state index contributed by atoms with van der Waals surface area (Å²) in [6.45, 7) is 1.72. The minimum Gasteiger partial charge on any atom is -0.477 e. The number of amides is 1. The Morgan fingerprint density at radius 3 is 2.74 bits per heavy atom. The number of fused-ring (bicyclic) bond motifs is 1. The molecule has 0 saturated carbocycles. The van der Waals surface area contributed by atoms with Crippen LogP contribution >= 0.6 is 11.3 Å². The number of aromatic carboxylic acids is 1. The second-order valence-corrected chi connectivity index (χ2v) is 6.94. The number of nitrogens with one attached hydrogen (secondary N) is 1. The summed E-state index contributed by atoms with van der Waals surface area (Å²) in [5.41, 5.74) is 2.53. The largest absolute Gasteiger partial charge is 0.477 e. The summed E-state index contributed by atoms with van der Waals surface area (Å²) in [5, 5.41) is 21.6. The van der Waals surface area contributed by atoms with Crippen LogP contribution in [0.4, 0.5) is 0 Å². The van der Waals surface area contributed by atoms with Crippen LogP contribution in [0.2, 0.25) is 0 Å². The lowest BCUT2D eigenvalue weighted by molar-refractivity contribution is 0.0702. The van der Waals surface area contributed by atoms with E-state index >= 15 is 0 Å². The van der Waals surface area contributed by atoms with Crippen molar-refractivity contribution >= 4 is 23.2 Å². The normalized spacial score (nSPS) is 19.4. The van der Waals surface area contributed by atoms with Gasteiger partial charge in [0.2, 0.25) is 0 Å². The summed E-state index contributed by atoms with van der Waals surface area (Å²) in [6.07, 6.45) is 0.723. The van der Waals surface area contributed by atoms with Crippen LogP contribution in [0, 0.1) is 12.8 Å². The Morgan fingerprint density at radius 1 is 1.35 bits per heavy atom. The van der Waals surface area contributed by atoms with Crippen LogP contribution in [-0.4, -0.2) is 28.7 Å². The van der Waals surface area contributed by atoms with Crippen LogP contribution in [-0.2, 0) is 6.42 Å². The van der Waals surface area contributed by atoms with E-state index in [0.717, 1.165) is 28.9 Å². The van der Waals surface area contributed by atoms with E-state index in [0.29, 0.717) is 10.4 Å². The smallest absolute Gasteiger partial charge is 0.345 e. The van der Waals surface area contributed by atoms with E-state index < -0.39 is 5.97 Å². The van der Waals surface area contributed by atoms with Crippen LogP contribution in [0.1, 0.15) is 42.1 Å². The number of carbonyl (C=O) groups is 2. The molecule has 0 fully saturated rings. The summed E-state index contributed by atoms with van der Waals surface area (Å²) < 4.78 is 0. The van der Waals surface area contributed by atoms with E-state index in [9.17, 15) is 14.7 Å². The van der Waals surface area contributed by atoms with Crippen molar-refractivity contribution in [3.63, 3.8) is 0 Å². The fraction of sp³-hybridized carbons (Fsp3) is 0.294. The number of carbonyl (C=O) groups excluding carboxylic acids is 1. The van der Waals surface area contributed by atoms with Gasteiger partial charge in [-0.1, -0.05) is 24.3 Å². The summed E-state index contributed by atoms with van der Waals surface area (Å²) in [4.78, 5) is 24.4. The lowest BCUT2D eigenvalue weighted by atomic mass is 10.0. The fourth-order valence-corrected chi connectivity index (χ4v) is 3.93. The summed E-state index contributed by atoms with van der Waals surface area (Å²) in [7, 11) is 0. The lowest BCUT2D eigenvalue weighted by Crippen LogP contribution is -2.32. The molecular weight excluding hydrogens is 314 g/mol. The van der Waals surface area contributed by atoms with Crippen LogP contribution in [0.15, 0.2) is 30.3 Å². The molecule has 1 amide bonds. The molecule has 2 aromatic rings. The lowest BCUT2D eigenvalue weighted by Gasteiger charge is -2.20. The minimum atomic E-state index is -1.03. The zero-order valence-electron chi connectivity index (χ0n) is 12.6. The van der Waals surface area contributed by atoms with E-state index in [-0.39, 0.29) is 29.4 Å². The maximum atomic E-state index is 12.5. The third-order valence-electron chi connectivity index (χ3n) is 4.24. The molecule has 2 atom stereocenters. The summed E-state index contributed by atoms with van der Waals surface area (Å²) in [6, 6.07) is 8.97. The van der Waals surface area contributed by atoms with Crippen molar-refractivity contribution in [1.82, 2.24) is 5.32 Å². The van der Waals surface area contributed by atoms with Crippen molar-refractivity contribution in [3.8, 4) is 0 Å². The molecule has 5 nitrogen and oxygen atoms in total. The van der Waals surface area contributed by atoms with Gasteiger partial charge in [-0.15, -0.1) is 11.3 Å². The molecule has 0 unspecified atom stereocenters. The van der Waals surface area contributed by atoms with Gasteiger partial charge in [-0.2, -0.15) is 0 Å². The van der Waals surface area contributed by atoms with E-state index in [4.69, 9.17) is 5.11 Å². The van der Waals surface area contributed by atoms with Crippen molar-refractivity contribution in [2.24, 2.45) is 5.92 Å². The SMILES string of the molecule is Cc1sc(C(=O)O)cc1C(=O)N[C@H]1c2ccccc2C[C@H]1CO. The highest BCUT2D eigenvalue weighted by Crippen LogP contribution is 2.36. The van der Waals surface area contributed by atoms with Crippen molar-refractivity contribution in [2.45, 2.75) is 19.4 Å². The highest BCUT2D eigenvalue weighted by Gasteiger charge is 2.33. The second-order valence-electron chi connectivity index (χ2n) is 5.68. The number of aliphatic hydroxyl groups excluding tert-OH is 1. The molecule has 1 aliphatic carbocycles. The maximum Gasteiger partial charge on any atom is 0.345 e. The van der Waals surface area contributed by atoms with Gasteiger partial charge >= 0.3 is 5.97 Å². The molecule has 1 aromatic carbocycles. The first-order chi connectivity index (χ1) is 11.0. The molecule has 3 rings (SSSR count). The molecule has 0 spiro atoms. The number of rotatable bonds is 4. The molecule has 0 bridgehead atoms. The Hall–Kier alpha value is -2.18. The molecule has 3 N–H and O–H groups in total. The van der Waals surface area contributed by atoms with E-state index in [1.165, 1.54) is 6.07 Å². The van der Waals surface area contributed by atoms with Crippen LogP contribution in [0.5, 0.6) is 0 Å². The number of aliphatic hydroxyl groups is 1. The Balaban J connectivity index is 1.86. The van der Waals surface area contributed by atoms with Crippen molar-refractivity contribution in [3.05, 3.63) is 56.8 Å². The summed E-state index contributed by atoms with van der Waals surface area (Å²) in [5.74, 6) is -1.39. The van der Waals surface area contributed by atoms with E-state index in [2.05, 4.69) is 5.32 Å². The molecule has 0 aliphatic heterocycles. The van der Waals surface area contributed by atoms with Gasteiger partial charge in [0.25, 0.3) is 5.91 Å². The van der Waals surface area contributed by atoms with Crippen molar-refractivity contribution < 1.29 is 19.8 Å². The van der Waals surface area contributed by atoms with Gasteiger partial charge in [0.15, 0.2) is 0 Å². The first-order valence-electron chi connectivity index (χ1n) is 7.34. The highest BCUT2D eigenvalue weighted by atomic mass is 32.1. The number of carboxylic acid groups (broad SMARTS) is 1. The summed E-state index contributed by atoms with van der Waals surface area (Å²) >= 11 is 1.09. The fourth-order valence-electron chi connectivity index (χ4n) is 3.08. The molecule has 23 heavy (non-hydrogen) atoms. The Labute approximate surface area is 137 Å². The quantitative estimate of drug-likeness (QED) is 0.803. The first kappa shape index (κ1) is 15.7. The molecule has 1 aliphatic rings. The number of aryl methyl sites for hydroxylation is 1. The average molecular weight is 331 g/mol. The van der Waals surface area contributed by atoms with Gasteiger partial charge in [-0.3, -0.25) is 4.79 Å². The maximum absolute atomic E-state index is 12.5. The van der Waals surface area contributed by atoms with Gasteiger partial charge in [0.05, 0.1) is 11.6 Å². The molecule has 0 radical (unpaired) electrons. The zero-order valence-corrected chi connectivity index (χ0v) is 13.4. The standard InChI is InChI=1S/C17H17NO4S/c1-9-13(7-14(23-9)17(21)22)16(20)18-15-11(8-19)6-10-4-2-3-5-12(10)15/h2-5,7,11,15,19H,6,8H2,1H3,(H,18,20)(H,21,22)/t11-,15+/m0/s1. The Bertz CT molecular complexity index is 768. The minimum absolute atomic E-state index is 0.0113. The first-order valence-corrected chi connectivity index (χ1v) is 8.16. The van der Waals surface area contributed by atoms with Crippen LogP contribution < -0.4 is 5.32 Å². The second kappa shape index (κ2) is 6.14.